The smallest absolute Gasteiger partial charge is 0.417 e. The molecular weight excluding hydrogens is 365 g/mol. The summed E-state index contributed by atoms with van der Waals surface area (Å²) in [7, 11) is 0. The van der Waals surface area contributed by atoms with Crippen molar-refractivity contribution in [2.24, 2.45) is 5.92 Å². The van der Waals surface area contributed by atoms with E-state index in [1.165, 1.54) is 12.1 Å². The topological polar surface area (TPSA) is 72.9 Å². The molecular formula is C21H28FNO5. The molecule has 2 rings (SSSR count). The average molecular weight is 393 g/mol. The van der Waals surface area contributed by atoms with Gasteiger partial charge in [-0.05, 0) is 72.1 Å². The van der Waals surface area contributed by atoms with E-state index in [2.05, 4.69) is 0 Å². The second-order valence-corrected chi connectivity index (χ2v) is 9.00. The van der Waals surface area contributed by atoms with Crippen molar-refractivity contribution in [1.82, 2.24) is 4.90 Å². The molecule has 7 heteroatoms. The minimum absolute atomic E-state index is 0.129. The minimum atomic E-state index is -1.05. The van der Waals surface area contributed by atoms with Crippen LogP contribution in [0, 0.1) is 11.7 Å². The van der Waals surface area contributed by atoms with E-state index in [4.69, 9.17) is 9.47 Å². The Morgan fingerprint density at radius 3 is 2.07 bits per heavy atom. The van der Waals surface area contributed by atoms with Crippen LogP contribution >= 0.6 is 0 Å². The summed E-state index contributed by atoms with van der Waals surface area (Å²) < 4.78 is 23.9. The first-order chi connectivity index (χ1) is 12.8. The SMILES string of the molecule is CC(C)(C)OC(=O)[C@@H]1C[C@@H](Cc2ccc(F)cc2)C(=O)N1C(=O)OC(C)(C)C. The molecule has 1 aromatic rings. The summed E-state index contributed by atoms with van der Waals surface area (Å²) >= 11 is 0. The third kappa shape index (κ3) is 5.78. The number of carbonyl (C=O) groups is 3. The van der Waals surface area contributed by atoms with Gasteiger partial charge in [-0.25, -0.2) is 18.9 Å². The second-order valence-electron chi connectivity index (χ2n) is 9.00. The Bertz CT molecular complexity index is 746. The maximum absolute atomic E-state index is 13.1. The van der Waals surface area contributed by atoms with Gasteiger partial charge in [0.05, 0.1) is 0 Å². The van der Waals surface area contributed by atoms with Crippen LogP contribution in [0.2, 0.25) is 0 Å². The number of amides is 2. The Labute approximate surface area is 165 Å². The Morgan fingerprint density at radius 1 is 1.04 bits per heavy atom. The summed E-state index contributed by atoms with van der Waals surface area (Å²) in [4.78, 5) is 39.1. The molecule has 1 fully saturated rings. The molecule has 1 aliphatic rings. The van der Waals surface area contributed by atoms with E-state index in [9.17, 15) is 18.8 Å². The summed E-state index contributed by atoms with van der Waals surface area (Å²) in [6.45, 7) is 10.2. The van der Waals surface area contributed by atoms with Gasteiger partial charge in [-0.15, -0.1) is 0 Å². The number of halogens is 1. The zero-order valence-corrected chi connectivity index (χ0v) is 17.2. The summed E-state index contributed by atoms with van der Waals surface area (Å²) in [5, 5.41) is 0. The number of carbonyl (C=O) groups excluding carboxylic acids is 3. The highest BCUT2D eigenvalue weighted by molar-refractivity contribution is 6.00. The molecule has 0 aliphatic carbocycles. The summed E-state index contributed by atoms with van der Waals surface area (Å²) in [6.07, 6.45) is -0.447. The van der Waals surface area contributed by atoms with Gasteiger partial charge >= 0.3 is 12.1 Å². The normalized spacial score (nSPS) is 20.2. The van der Waals surface area contributed by atoms with E-state index in [-0.39, 0.29) is 18.7 Å². The standard InChI is InChI=1S/C21H28FNO5/c1-20(2,3)27-18(25)16-12-14(11-13-7-9-15(22)10-8-13)17(24)23(16)19(26)28-21(4,5)6/h7-10,14,16H,11-12H2,1-6H3/t14-,16+/m1/s1. The number of benzene rings is 1. The molecule has 1 aliphatic heterocycles. The van der Waals surface area contributed by atoms with E-state index < -0.39 is 41.1 Å². The van der Waals surface area contributed by atoms with E-state index in [1.54, 1.807) is 53.7 Å². The van der Waals surface area contributed by atoms with Crippen LogP contribution in [0.4, 0.5) is 9.18 Å². The molecule has 1 saturated heterocycles. The minimum Gasteiger partial charge on any atom is -0.458 e. The lowest BCUT2D eigenvalue weighted by Crippen LogP contribution is -2.47. The van der Waals surface area contributed by atoms with Crippen molar-refractivity contribution >= 4 is 18.0 Å². The molecule has 28 heavy (non-hydrogen) atoms. The van der Waals surface area contributed by atoms with Crippen LogP contribution < -0.4 is 0 Å². The molecule has 0 saturated carbocycles. The molecule has 0 radical (unpaired) electrons. The molecule has 2 atom stereocenters. The van der Waals surface area contributed by atoms with Crippen molar-refractivity contribution < 1.29 is 28.2 Å². The van der Waals surface area contributed by atoms with E-state index in [0.29, 0.717) is 0 Å². The number of esters is 1. The van der Waals surface area contributed by atoms with Gasteiger partial charge in [0.1, 0.15) is 23.1 Å². The molecule has 0 unspecified atom stereocenters. The third-order valence-corrected chi connectivity index (χ3v) is 4.07. The second kappa shape index (κ2) is 7.89. The molecule has 6 nitrogen and oxygen atoms in total. The Balaban J connectivity index is 2.26. The summed E-state index contributed by atoms with van der Waals surface area (Å²) in [6, 6.07) is 4.74. The quantitative estimate of drug-likeness (QED) is 0.729. The van der Waals surface area contributed by atoms with Crippen molar-refractivity contribution in [3.8, 4) is 0 Å². The monoisotopic (exact) mass is 393 g/mol. The van der Waals surface area contributed by atoms with Crippen LogP contribution in [0.3, 0.4) is 0 Å². The zero-order chi connectivity index (χ0) is 21.3. The number of hydrogen-bond donors (Lipinski definition) is 0. The number of hydrogen-bond acceptors (Lipinski definition) is 5. The predicted molar refractivity (Wildman–Crippen MR) is 101 cm³/mol. The fourth-order valence-electron chi connectivity index (χ4n) is 3.00. The fourth-order valence-corrected chi connectivity index (χ4v) is 3.00. The van der Waals surface area contributed by atoms with Crippen LogP contribution in [0.25, 0.3) is 0 Å². The van der Waals surface area contributed by atoms with E-state index in [0.717, 1.165) is 10.5 Å². The molecule has 154 valence electrons. The van der Waals surface area contributed by atoms with Gasteiger partial charge in [-0.1, -0.05) is 12.1 Å². The number of imide groups is 1. The van der Waals surface area contributed by atoms with Gasteiger partial charge < -0.3 is 9.47 Å². The van der Waals surface area contributed by atoms with Gasteiger partial charge in [0.25, 0.3) is 0 Å². The predicted octanol–water partition coefficient (Wildman–Crippen LogP) is 3.86. The van der Waals surface area contributed by atoms with Crippen molar-refractivity contribution in [2.45, 2.75) is 71.6 Å². The highest BCUT2D eigenvalue weighted by Gasteiger charge is 2.49. The first-order valence-electron chi connectivity index (χ1n) is 9.30. The van der Waals surface area contributed by atoms with Crippen LogP contribution in [-0.4, -0.2) is 40.1 Å². The molecule has 2 amide bonds. The Kier molecular flexibility index (Phi) is 6.16. The highest BCUT2D eigenvalue weighted by atomic mass is 19.1. The Morgan fingerprint density at radius 2 is 1.57 bits per heavy atom. The molecule has 1 heterocycles. The van der Waals surface area contributed by atoms with Crippen molar-refractivity contribution in [2.75, 3.05) is 0 Å². The average Bonchev–Trinajstić information content (AvgIpc) is 2.83. The zero-order valence-electron chi connectivity index (χ0n) is 17.2. The fraction of sp³-hybridized carbons (Fsp3) is 0.571. The van der Waals surface area contributed by atoms with Gasteiger partial charge in [0, 0.05) is 5.92 Å². The van der Waals surface area contributed by atoms with Gasteiger partial charge in [0.15, 0.2) is 0 Å². The maximum atomic E-state index is 13.1. The highest BCUT2D eigenvalue weighted by Crippen LogP contribution is 2.31. The van der Waals surface area contributed by atoms with Gasteiger partial charge in [-0.3, -0.25) is 4.79 Å². The lowest BCUT2D eigenvalue weighted by atomic mass is 9.96. The number of rotatable bonds is 3. The summed E-state index contributed by atoms with van der Waals surface area (Å²) in [5.74, 6) is -2.11. The largest absolute Gasteiger partial charge is 0.458 e. The molecule has 1 aromatic carbocycles. The maximum Gasteiger partial charge on any atom is 0.417 e. The molecule has 0 spiro atoms. The molecule has 0 bridgehead atoms. The van der Waals surface area contributed by atoms with Crippen molar-refractivity contribution in [3.63, 3.8) is 0 Å². The van der Waals surface area contributed by atoms with Crippen LogP contribution in [0.1, 0.15) is 53.5 Å². The lowest BCUT2D eigenvalue weighted by molar-refractivity contribution is -0.161. The van der Waals surface area contributed by atoms with Crippen molar-refractivity contribution in [1.29, 1.82) is 0 Å². The van der Waals surface area contributed by atoms with E-state index in [1.807, 2.05) is 0 Å². The van der Waals surface area contributed by atoms with Gasteiger partial charge in [0.2, 0.25) is 5.91 Å². The Hall–Kier alpha value is -2.44. The van der Waals surface area contributed by atoms with E-state index >= 15 is 0 Å². The van der Waals surface area contributed by atoms with Crippen LogP contribution in [0.5, 0.6) is 0 Å². The summed E-state index contributed by atoms with van der Waals surface area (Å²) in [5.41, 5.74) is -0.826. The lowest BCUT2D eigenvalue weighted by Gasteiger charge is -2.28. The van der Waals surface area contributed by atoms with Crippen LogP contribution in [-0.2, 0) is 25.5 Å². The number of nitrogens with zero attached hydrogens (tertiary/aromatic N) is 1. The third-order valence-electron chi connectivity index (χ3n) is 4.07. The van der Waals surface area contributed by atoms with Crippen LogP contribution in [0.15, 0.2) is 24.3 Å². The number of ether oxygens (including phenoxy) is 2. The number of likely N-dealkylation sites (tertiary alicyclic amines) is 1. The van der Waals surface area contributed by atoms with Crippen molar-refractivity contribution in [3.05, 3.63) is 35.6 Å². The molecule has 0 N–H and O–H groups in total. The first-order valence-corrected chi connectivity index (χ1v) is 9.30. The van der Waals surface area contributed by atoms with Gasteiger partial charge in [-0.2, -0.15) is 0 Å². The first kappa shape index (κ1) is 21.9. The molecule has 0 aromatic heterocycles.